The maximum absolute atomic E-state index is 13.0. The molecule has 0 spiro atoms. The lowest BCUT2D eigenvalue weighted by molar-refractivity contribution is -0.124. The van der Waals surface area contributed by atoms with Crippen molar-refractivity contribution in [3.8, 4) is 0 Å². The standard InChI is InChI=1S/C21H30FN5O4/c1-21(2,3)31-20(30)26-13-11-25(12-14-26)19(29)27-10-4-5-17(27)18(28)24-23-16-8-6-15(22)7-9-16/h6-9,17,23H,4-5,10-14H2,1-3H3,(H,24,28). The number of carbonyl (C=O) groups is 3. The molecule has 1 unspecified atom stereocenters. The highest BCUT2D eigenvalue weighted by molar-refractivity contribution is 5.88. The Hall–Kier alpha value is -3.04. The number of amides is 4. The zero-order chi connectivity index (χ0) is 22.6. The number of hydrazine groups is 1. The van der Waals surface area contributed by atoms with Crippen LogP contribution in [-0.2, 0) is 9.53 Å². The molecule has 3 rings (SSSR count). The second-order valence-electron chi connectivity index (χ2n) is 8.71. The van der Waals surface area contributed by atoms with Crippen LogP contribution in [0.5, 0.6) is 0 Å². The normalized spacial score (nSPS) is 19.2. The first kappa shape index (κ1) is 22.6. The number of nitrogens with one attached hydrogen (secondary N) is 2. The zero-order valence-corrected chi connectivity index (χ0v) is 18.2. The number of ether oxygens (including phenoxy) is 1. The van der Waals surface area contributed by atoms with E-state index < -0.39 is 11.6 Å². The molecule has 0 bridgehead atoms. The summed E-state index contributed by atoms with van der Waals surface area (Å²) in [6.07, 6.45) is 0.920. The van der Waals surface area contributed by atoms with E-state index in [0.29, 0.717) is 44.8 Å². The Bertz CT molecular complexity index is 803. The number of hydrogen-bond donors (Lipinski definition) is 2. The molecule has 0 aromatic heterocycles. The van der Waals surface area contributed by atoms with E-state index in [4.69, 9.17) is 4.74 Å². The summed E-state index contributed by atoms with van der Waals surface area (Å²) in [7, 11) is 0. The lowest BCUT2D eigenvalue weighted by atomic mass is 10.2. The number of likely N-dealkylation sites (tertiary alicyclic amines) is 1. The first-order valence-corrected chi connectivity index (χ1v) is 10.5. The predicted molar refractivity (Wildman–Crippen MR) is 113 cm³/mol. The van der Waals surface area contributed by atoms with Gasteiger partial charge in [0.05, 0.1) is 5.69 Å². The van der Waals surface area contributed by atoms with E-state index in [-0.39, 0.29) is 23.8 Å². The summed E-state index contributed by atoms with van der Waals surface area (Å²) < 4.78 is 18.4. The third kappa shape index (κ3) is 5.99. The summed E-state index contributed by atoms with van der Waals surface area (Å²) >= 11 is 0. The molecule has 4 amide bonds. The van der Waals surface area contributed by atoms with Crippen LogP contribution in [0.15, 0.2) is 24.3 Å². The van der Waals surface area contributed by atoms with E-state index in [1.165, 1.54) is 24.3 Å². The molecule has 10 heteroatoms. The van der Waals surface area contributed by atoms with E-state index >= 15 is 0 Å². The molecule has 1 atom stereocenters. The Morgan fingerprint density at radius 1 is 1.00 bits per heavy atom. The van der Waals surface area contributed by atoms with Crippen LogP contribution in [0.3, 0.4) is 0 Å². The molecule has 2 N–H and O–H groups in total. The fourth-order valence-corrected chi connectivity index (χ4v) is 3.61. The largest absolute Gasteiger partial charge is 0.444 e. The van der Waals surface area contributed by atoms with E-state index in [2.05, 4.69) is 10.9 Å². The molecular formula is C21H30FN5O4. The number of halogens is 1. The monoisotopic (exact) mass is 435 g/mol. The van der Waals surface area contributed by atoms with Gasteiger partial charge >= 0.3 is 12.1 Å². The minimum Gasteiger partial charge on any atom is -0.444 e. The molecular weight excluding hydrogens is 405 g/mol. The number of nitrogens with zero attached hydrogens (tertiary/aromatic N) is 3. The first-order valence-electron chi connectivity index (χ1n) is 10.5. The molecule has 0 saturated carbocycles. The van der Waals surface area contributed by atoms with Crippen molar-refractivity contribution in [2.75, 3.05) is 38.1 Å². The highest BCUT2D eigenvalue weighted by Crippen LogP contribution is 2.21. The van der Waals surface area contributed by atoms with Gasteiger partial charge in [-0.05, 0) is 57.9 Å². The average Bonchev–Trinajstić information content (AvgIpc) is 3.21. The fourth-order valence-electron chi connectivity index (χ4n) is 3.61. The summed E-state index contributed by atoms with van der Waals surface area (Å²) in [6, 6.07) is 4.81. The molecule has 1 aromatic carbocycles. The lowest BCUT2D eigenvalue weighted by Gasteiger charge is -2.38. The van der Waals surface area contributed by atoms with Crippen LogP contribution in [0.1, 0.15) is 33.6 Å². The van der Waals surface area contributed by atoms with Gasteiger partial charge in [0.2, 0.25) is 0 Å². The minimum atomic E-state index is -0.579. The molecule has 170 valence electrons. The van der Waals surface area contributed by atoms with Crippen LogP contribution >= 0.6 is 0 Å². The number of carbonyl (C=O) groups excluding carboxylic acids is 3. The third-order valence-electron chi connectivity index (χ3n) is 5.18. The zero-order valence-electron chi connectivity index (χ0n) is 18.2. The molecule has 1 aromatic rings. The predicted octanol–water partition coefficient (Wildman–Crippen LogP) is 2.41. The summed E-state index contributed by atoms with van der Waals surface area (Å²) in [5, 5.41) is 0. The van der Waals surface area contributed by atoms with Gasteiger partial charge in [0.15, 0.2) is 0 Å². The summed E-state index contributed by atoms with van der Waals surface area (Å²) in [5.74, 6) is -0.682. The fraction of sp³-hybridized carbons (Fsp3) is 0.571. The number of piperazine rings is 1. The molecule has 9 nitrogen and oxygen atoms in total. The quantitative estimate of drug-likeness (QED) is 0.711. The van der Waals surface area contributed by atoms with Gasteiger partial charge < -0.3 is 19.4 Å². The van der Waals surface area contributed by atoms with Gasteiger partial charge in [-0.15, -0.1) is 0 Å². The van der Waals surface area contributed by atoms with Crippen molar-refractivity contribution >= 4 is 23.7 Å². The van der Waals surface area contributed by atoms with Gasteiger partial charge in [0.25, 0.3) is 5.91 Å². The van der Waals surface area contributed by atoms with Crippen LogP contribution in [0.4, 0.5) is 19.7 Å². The Balaban J connectivity index is 1.51. The van der Waals surface area contributed by atoms with Crippen molar-refractivity contribution < 1.29 is 23.5 Å². The molecule has 0 radical (unpaired) electrons. The maximum Gasteiger partial charge on any atom is 0.410 e. The smallest absolute Gasteiger partial charge is 0.410 e. The molecule has 31 heavy (non-hydrogen) atoms. The Kier molecular flexibility index (Phi) is 6.87. The Labute approximate surface area is 181 Å². The molecule has 0 aliphatic carbocycles. The van der Waals surface area contributed by atoms with Gasteiger partial charge in [-0.3, -0.25) is 15.6 Å². The molecule has 2 fully saturated rings. The van der Waals surface area contributed by atoms with Gasteiger partial charge in [-0.2, -0.15) is 0 Å². The van der Waals surface area contributed by atoms with Crippen molar-refractivity contribution in [3.63, 3.8) is 0 Å². The van der Waals surface area contributed by atoms with Gasteiger partial charge in [0, 0.05) is 32.7 Å². The summed E-state index contributed by atoms with van der Waals surface area (Å²) in [6.45, 7) is 7.48. The summed E-state index contributed by atoms with van der Waals surface area (Å²) in [4.78, 5) is 42.7. The van der Waals surface area contributed by atoms with Crippen LogP contribution in [0, 0.1) is 5.82 Å². The van der Waals surface area contributed by atoms with Crippen LogP contribution in [0.2, 0.25) is 0 Å². The van der Waals surface area contributed by atoms with Crippen molar-refractivity contribution in [3.05, 3.63) is 30.1 Å². The van der Waals surface area contributed by atoms with Crippen molar-refractivity contribution in [2.24, 2.45) is 0 Å². The maximum atomic E-state index is 13.0. The van der Waals surface area contributed by atoms with E-state index in [9.17, 15) is 18.8 Å². The third-order valence-corrected chi connectivity index (χ3v) is 5.18. The summed E-state index contributed by atoms with van der Waals surface area (Å²) in [5.41, 5.74) is 5.33. The average molecular weight is 436 g/mol. The second-order valence-corrected chi connectivity index (χ2v) is 8.71. The van der Waals surface area contributed by atoms with Crippen molar-refractivity contribution in [1.29, 1.82) is 0 Å². The lowest BCUT2D eigenvalue weighted by Crippen LogP contribution is -2.57. The molecule has 2 aliphatic heterocycles. The number of benzene rings is 1. The number of urea groups is 1. The number of rotatable bonds is 3. The molecule has 2 heterocycles. The van der Waals surface area contributed by atoms with Crippen LogP contribution in [-0.4, -0.2) is 77.1 Å². The van der Waals surface area contributed by atoms with E-state index in [0.717, 1.165) is 6.42 Å². The molecule has 2 aliphatic rings. The Morgan fingerprint density at radius 3 is 2.23 bits per heavy atom. The van der Waals surface area contributed by atoms with Gasteiger partial charge in [0.1, 0.15) is 17.5 Å². The Morgan fingerprint density at radius 2 is 1.61 bits per heavy atom. The van der Waals surface area contributed by atoms with Crippen LogP contribution < -0.4 is 10.9 Å². The van der Waals surface area contributed by atoms with Crippen molar-refractivity contribution in [1.82, 2.24) is 20.1 Å². The molecule has 2 saturated heterocycles. The van der Waals surface area contributed by atoms with Crippen LogP contribution in [0.25, 0.3) is 0 Å². The second kappa shape index (κ2) is 9.40. The van der Waals surface area contributed by atoms with E-state index in [1.807, 2.05) is 20.8 Å². The first-order chi connectivity index (χ1) is 14.6. The van der Waals surface area contributed by atoms with Gasteiger partial charge in [-0.1, -0.05) is 0 Å². The SMILES string of the molecule is CC(C)(C)OC(=O)N1CCN(C(=O)N2CCCC2C(=O)NNc2ccc(F)cc2)CC1. The number of anilines is 1. The van der Waals surface area contributed by atoms with Gasteiger partial charge in [-0.25, -0.2) is 14.0 Å². The topological polar surface area (TPSA) is 94.2 Å². The highest BCUT2D eigenvalue weighted by Gasteiger charge is 2.37. The minimum absolute atomic E-state index is 0.205. The highest BCUT2D eigenvalue weighted by atomic mass is 19.1. The number of hydrogen-bond acceptors (Lipinski definition) is 5. The van der Waals surface area contributed by atoms with E-state index in [1.54, 1.807) is 14.7 Å². The van der Waals surface area contributed by atoms with Crippen molar-refractivity contribution in [2.45, 2.75) is 45.3 Å².